The Balaban J connectivity index is 1.39. The summed E-state index contributed by atoms with van der Waals surface area (Å²) in [7, 11) is 0. The Bertz CT molecular complexity index is 1120. The van der Waals surface area contributed by atoms with E-state index in [-0.39, 0.29) is 18.6 Å². The smallest absolute Gasteiger partial charge is 0.129 e. The normalized spacial score (nSPS) is 13.0. The van der Waals surface area contributed by atoms with Crippen molar-refractivity contribution in [1.82, 2.24) is 0 Å². The van der Waals surface area contributed by atoms with Crippen molar-refractivity contribution in [2.45, 2.75) is 12.8 Å². The molecule has 0 saturated carbocycles. The van der Waals surface area contributed by atoms with Crippen molar-refractivity contribution in [2.24, 2.45) is 0 Å². The van der Waals surface area contributed by atoms with E-state index in [0.717, 1.165) is 16.9 Å². The molecule has 0 amide bonds. The molecule has 4 heteroatoms. The van der Waals surface area contributed by atoms with Gasteiger partial charge < -0.3 is 15.4 Å². The van der Waals surface area contributed by atoms with E-state index in [4.69, 9.17) is 4.74 Å². The highest BCUT2D eigenvalue weighted by atomic mass is 19.1. The second-order valence-electron chi connectivity index (χ2n) is 6.88. The molecule has 1 aliphatic heterocycles. The molecule has 0 aromatic heterocycles. The first-order chi connectivity index (χ1) is 13.8. The number of rotatable bonds is 4. The monoisotopic (exact) mass is 370 g/mol. The number of halogens is 1. The van der Waals surface area contributed by atoms with Crippen molar-refractivity contribution in [3.05, 3.63) is 102 Å². The van der Waals surface area contributed by atoms with Gasteiger partial charge in [0.05, 0.1) is 0 Å². The fourth-order valence-corrected chi connectivity index (χ4v) is 3.66. The van der Waals surface area contributed by atoms with Gasteiger partial charge >= 0.3 is 0 Å². The summed E-state index contributed by atoms with van der Waals surface area (Å²) >= 11 is 0. The largest absolute Gasteiger partial charge is 0.489 e. The van der Waals surface area contributed by atoms with Crippen LogP contribution in [0.15, 0.2) is 84.9 Å². The first-order valence-electron chi connectivity index (χ1n) is 9.29. The summed E-state index contributed by atoms with van der Waals surface area (Å²) in [5.41, 5.74) is 3.81. The zero-order chi connectivity index (χ0) is 18.9. The third-order valence-electron chi connectivity index (χ3n) is 5.05. The summed E-state index contributed by atoms with van der Waals surface area (Å²) in [6.07, 6.45) is -0.0717. The topological polar surface area (TPSA) is 33.3 Å². The fourth-order valence-electron chi connectivity index (χ4n) is 3.66. The molecule has 1 heterocycles. The maximum atomic E-state index is 13.8. The van der Waals surface area contributed by atoms with E-state index in [0.29, 0.717) is 11.3 Å². The summed E-state index contributed by atoms with van der Waals surface area (Å²) in [4.78, 5) is 0. The van der Waals surface area contributed by atoms with Crippen LogP contribution in [0.2, 0.25) is 0 Å². The molecule has 5 rings (SSSR count). The van der Waals surface area contributed by atoms with Crippen LogP contribution < -0.4 is 15.4 Å². The Hall–Kier alpha value is -3.53. The average molecular weight is 370 g/mol. The predicted octanol–water partition coefficient (Wildman–Crippen LogP) is 6.09. The van der Waals surface area contributed by atoms with E-state index in [1.165, 1.54) is 16.8 Å². The van der Waals surface area contributed by atoms with Crippen molar-refractivity contribution in [3.63, 3.8) is 0 Å². The first kappa shape index (κ1) is 16.6. The molecule has 0 atom stereocenters. The van der Waals surface area contributed by atoms with Crippen molar-refractivity contribution < 1.29 is 9.13 Å². The number of ether oxygens (including phenoxy) is 1. The Morgan fingerprint density at radius 1 is 0.786 bits per heavy atom. The Morgan fingerprint density at radius 2 is 1.50 bits per heavy atom. The van der Waals surface area contributed by atoms with Crippen LogP contribution in [-0.4, -0.2) is 0 Å². The van der Waals surface area contributed by atoms with E-state index < -0.39 is 0 Å². The summed E-state index contributed by atoms with van der Waals surface area (Å²) in [6.45, 7) is 0.198. The quantitative estimate of drug-likeness (QED) is 0.456. The molecule has 0 unspecified atom stereocenters. The second kappa shape index (κ2) is 6.89. The lowest BCUT2D eigenvalue weighted by molar-refractivity contribution is 0.299. The summed E-state index contributed by atoms with van der Waals surface area (Å²) < 4.78 is 19.6. The zero-order valence-corrected chi connectivity index (χ0v) is 15.2. The highest BCUT2D eigenvalue weighted by Crippen LogP contribution is 2.38. The molecule has 0 aliphatic carbocycles. The molecule has 0 fully saturated rings. The van der Waals surface area contributed by atoms with Crippen LogP contribution in [0.4, 0.5) is 15.8 Å². The van der Waals surface area contributed by atoms with Crippen molar-refractivity contribution >= 4 is 22.1 Å². The SMILES string of the molecule is Fc1ccccc1COc1cccc(C2Nc3cccc4cccc(c34)N2)c1. The van der Waals surface area contributed by atoms with Gasteiger partial charge in [0.25, 0.3) is 0 Å². The number of nitrogens with one attached hydrogen (secondary N) is 2. The standard InChI is InChI=1S/C24H19FN2O/c25-20-11-2-1-6-18(20)15-28-19-10-3-9-17(14-19)24-26-21-12-4-7-16-8-5-13-22(27-24)23(16)21/h1-14,24,26-27H,15H2. The average Bonchev–Trinajstić information content (AvgIpc) is 2.74. The van der Waals surface area contributed by atoms with Gasteiger partial charge in [-0.05, 0) is 41.3 Å². The van der Waals surface area contributed by atoms with Crippen LogP contribution in [-0.2, 0) is 6.61 Å². The lowest BCUT2D eigenvalue weighted by Gasteiger charge is -2.30. The van der Waals surface area contributed by atoms with Crippen molar-refractivity contribution in [1.29, 1.82) is 0 Å². The highest BCUT2D eigenvalue weighted by molar-refractivity contribution is 6.04. The van der Waals surface area contributed by atoms with Gasteiger partial charge in [0.2, 0.25) is 0 Å². The summed E-state index contributed by atoms with van der Waals surface area (Å²) in [5, 5.41) is 9.53. The molecule has 4 aromatic rings. The van der Waals surface area contributed by atoms with Gasteiger partial charge in [0, 0.05) is 22.3 Å². The van der Waals surface area contributed by atoms with Crippen LogP contribution >= 0.6 is 0 Å². The number of anilines is 2. The number of hydrogen-bond donors (Lipinski definition) is 2. The van der Waals surface area contributed by atoms with Gasteiger partial charge in [-0.1, -0.05) is 54.6 Å². The Kier molecular flexibility index (Phi) is 4.09. The fraction of sp³-hybridized carbons (Fsp3) is 0.0833. The third-order valence-corrected chi connectivity index (χ3v) is 5.05. The van der Waals surface area contributed by atoms with Crippen LogP contribution in [0, 0.1) is 5.82 Å². The van der Waals surface area contributed by atoms with E-state index in [1.54, 1.807) is 12.1 Å². The minimum atomic E-state index is -0.251. The highest BCUT2D eigenvalue weighted by Gasteiger charge is 2.20. The van der Waals surface area contributed by atoms with Gasteiger partial charge in [-0.15, -0.1) is 0 Å². The van der Waals surface area contributed by atoms with Crippen molar-refractivity contribution in [2.75, 3.05) is 10.6 Å². The number of benzene rings is 4. The van der Waals surface area contributed by atoms with Crippen molar-refractivity contribution in [3.8, 4) is 5.75 Å². The molecule has 3 nitrogen and oxygen atoms in total. The Morgan fingerprint density at radius 3 is 2.25 bits per heavy atom. The first-order valence-corrected chi connectivity index (χ1v) is 9.29. The van der Waals surface area contributed by atoms with E-state index in [2.05, 4.69) is 53.1 Å². The summed E-state index contributed by atoms with van der Waals surface area (Å²) in [5.74, 6) is 0.459. The van der Waals surface area contributed by atoms with Gasteiger partial charge in [-0.25, -0.2) is 4.39 Å². The van der Waals surface area contributed by atoms with Crippen LogP contribution in [0.3, 0.4) is 0 Å². The molecule has 4 aromatic carbocycles. The van der Waals surface area contributed by atoms with Gasteiger partial charge in [0.1, 0.15) is 24.3 Å². The molecule has 0 bridgehead atoms. The zero-order valence-electron chi connectivity index (χ0n) is 15.2. The lowest BCUT2D eigenvalue weighted by atomic mass is 10.0. The lowest BCUT2D eigenvalue weighted by Crippen LogP contribution is -2.23. The Labute approximate surface area is 162 Å². The van der Waals surface area contributed by atoms with Crippen LogP contribution in [0.25, 0.3) is 10.8 Å². The minimum Gasteiger partial charge on any atom is -0.489 e. The molecule has 0 radical (unpaired) electrons. The van der Waals surface area contributed by atoms with Gasteiger partial charge in [0.15, 0.2) is 0 Å². The van der Waals surface area contributed by atoms with E-state index in [9.17, 15) is 4.39 Å². The molecule has 138 valence electrons. The molecule has 0 saturated heterocycles. The second-order valence-corrected chi connectivity index (χ2v) is 6.88. The van der Waals surface area contributed by atoms with Crippen LogP contribution in [0.1, 0.15) is 17.3 Å². The number of hydrogen-bond acceptors (Lipinski definition) is 3. The molecule has 28 heavy (non-hydrogen) atoms. The van der Waals surface area contributed by atoms with Crippen LogP contribution in [0.5, 0.6) is 5.75 Å². The molecule has 1 aliphatic rings. The third kappa shape index (κ3) is 3.03. The predicted molar refractivity (Wildman–Crippen MR) is 111 cm³/mol. The molecular formula is C24H19FN2O. The van der Waals surface area contributed by atoms with E-state index in [1.807, 2.05) is 24.3 Å². The maximum absolute atomic E-state index is 13.8. The van der Waals surface area contributed by atoms with Gasteiger partial charge in [-0.3, -0.25) is 0 Å². The minimum absolute atomic E-state index is 0.0717. The van der Waals surface area contributed by atoms with E-state index >= 15 is 0 Å². The molecular weight excluding hydrogens is 351 g/mol. The molecule has 2 N–H and O–H groups in total. The maximum Gasteiger partial charge on any atom is 0.129 e. The van der Waals surface area contributed by atoms with Gasteiger partial charge in [-0.2, -0.15) is 0 Å². The molecule has 0 spiro atoms. The summed E-state index contributed by atoms with van der Waals surface area (Å²) in [6, 6.07) is 27.1.